The van der Waals surface area contributed by atoms with Crippen LogP contribution in [-0.4, -0.2) is 35.9 Å². The monoisotopic (exact) mass is 373 g/mol. The third-order valence-corrected chi connectivity index (χ3v) is 5.71. The second kappa shape index (κ2) is 6.06. The van der Waals surface area contributed by atoms with Crippen LogP contribution in [0.15, 0.2) is 18.2 Å². The third kappa shape index (κ3) is 3.23. The molecule has 0 unspecified atom stereocenters. The number of carbonyl (C=O) groups excluding carboxylic acids is 1. The van der Waals surface area contributed by atoms with E-state index in [0.717, 1.165) is 5.56 Å². The van der Waals surface area contributed by atoms with E-state index in [0.29, 0.717) is 36.0 Å². The van der Waals surface area contributed by atoms with Crippen LogP contribution in [0.2, 0.25) is 10.0 Å². The summed E-state index contributed by atoms with van der Waals surface area (Å²) >= 11 is 12.2. The lowest BCUT2D eigenvalue weighted by Crippen LogP contribution is -2.38. The summed E-state index contributed by atoms with van der Waals surface area (Å²) in [5, 5.41) is 0.936. The van der Waals surface area contributed by atoms with Gasteiger partial charge in [0.2, 0.25) is 0 Å². The second-order valence-corrected chi connectivity index (χ2v) is 8.69. The Bertz CT molecular complexity index is 661. The molecule has 6 heteroatoms. The largest absolute Gasteiger partial charge is 0.444 e. The van der Waals surface area contributed by atoms with Crippen molar-refractivity contribution in [2.24, 2.45) is 5.92 Å². The number of carbonyl (C=O) groups is 1. The van der Waals surface area contributed by atoms with Gasteiger partial charge in [-0.05, 0) is 57.2 Å². The first-order valence-corrected chi connectivity index (χ1v) is 8.94. The predicted molar refractivity (Wildman–Crippen MR) is 93.6 cm³/mol. The van der Waals surface area contributed by atoms with Gasteiger partial charge in [-0.25, -0.2) is 9.18 Å². The molecule has 1 heterocycles. The van der Waals surface area contributed by atoms with Crippen LogP contribution in [-0.2, 0) is 10.2 Å². The minimum atomic E-state index is -0.856. The summed E-state index contributed by atoms with van der Waals surface area (Å²) in [6.45, 7) is 6.48. The van der Waals surface area contributed by atoms with Crippen molar-refractivity contribution in [2.45, 2.75) is 50.8 Å². The Morgan fingerprint density at radius 2 is 2.04 bits per heavy atom. The standard InChI is InChI=1S/C18H22Cl2FNO2/c1-17(2,3)24-16(23)22-9-12-6-13(21)8-18(12,10-22)11-4-5-14(19)15(20)7-11/h4-5,7,12-13H,6,8-10H2,1-3H3/t12-,13+,18+/m1/s1. The van der Waals surface area contributed by atoms with E-state index in [2.05, 4.69) is 0 Å². The molecular weight excluding hydrogens is 352 g/mol. The summed E-state index contributed by atoms with van der Waals surface area (Å²) in [5.74, 6) is 0.0669. The van der Waals surface area contributed by atoms with Crippen molar-refractivity contribution < 1.29 is 13.9 Å². The number of benzene rings is 1. The van der Waals surface area contributed by atoms with Crippen molar-refractivity contribution >= 4 is 29.3 Å². The van der Waals surface area contributed by atoms with Gasteiger partial charge in [-0.15, -0.1) is 0 Å². The van der Waals surface area contributed by atoms with Gasteiger partial charge in [0, 0.05) is 18.5 Å². The summed E-state index contributed by atoms with van der Waals surface area (Å²) in [4.78, 5) is 14.1. The highest BCUT2D eigenvalue weighted by Crippen LogP contribution is 2.52. The van der Waals surface area contributed by atoms with E-state index in [4.69, 9.17) is 27.9 Å². The lowest BCUT2D eigenvalue weighted by Gasteiger charge is -2.30. The van der Waals surface area contributed by atoms with Gasteiger partial charge in [-0.3, -0.25) is 0 Å². The molecule has 1 saturated carbocycles. The molecular formula is C18H22Cl2FNO2. The zero-order valence-corrected chi connectivity index (χ0v) is 15.6. The molecule has 0 spiro atoms. The van der Waals surface area contributed by atoms with E-state index < -0.39 is 17.2 Å². The first-order valence-electron chi connectivity index (χ1n) is 8.18. The number of hydrogen-bond acceptors (Lipinski definition) is 2. The number of amides is 1. The number of nitrogens with zero attached hydrogens (tertiary/aromatic N) is 1. The summed E-state index contributed by atoms with van der Waals surface area (Å²) < 4.78 is 19.6. The maximum Gasteiger partial charge on any atom is 0.410 e. The Morgan fingerprint density at radius 1 is 1.33 bits per heavy atom. The van der Waals surface area contributed by atoms with Crippen molar-refractivity contribution in [1.29, 1.82) is 0 Å². The van der Waals surface area contributed by atoms with Crippen molar-refractivity contribution in [3.8, 4) is 0 Å². The van der Waals surface area contributed by atoms with Crippen molar-refractivity contribution in [3.63, 3.8) is 0 Å². The Labute approximate surface area is 152 Å². The van der Waals surface area contributed by atoms with Crippen LogP contribution < -0.4 is 0 Å². The Morgan fingerprint density at radius 3 is 2.67 bits per heavy atom. The minimum absolute atomic E-state index is 0.0669. The average Bonchev–Trinajstić information content (AvgIpc) is 2.93. The lowest BCUT2D eigenvalue weighted by atomic mass is 9.74. The summed E-state index contributed by atoms with van der Waals surface area (Å²) in [5.41, 5.74) is -0.00767. The number of hydrogen-bond donors (Lipinski definition) is 0. The zero-order chi connectivity index (χ0) is 17.7. The topological polar surface area (TPSA) is 29.5 Å². The Kier molecular flexibility index (Phi) is 4.50. The molecule has 1 aliphatic carbocycles. The number of halogens is 3. The fourth-order valence-corrected chi connectivity index (χ4v) is 4.31. The maximum absolute atomic E-state index is 14.2. The molecule has 1 amide bonds. The molecule has 1 saturated heterocycles. The molecule has 0 radical (unpaired) electrons. The smallest absolute Gasteiger partial charge is 0.410 e. The van der Waals surface area contributed by atoms with Gasteiger partial charge in [0.25, 0.3) is 0 Å². The van der Waals surface area contributed by atoms with E-state index in [1.807, 2.05) is 32.9 Å². The van der Waals surface area contributed by atoms with Crippen LogP contribution in [0.25, 0.3) is 0 Å². The predicted octanol–water partition coefficient (Wildman–Crippen LogP) is 5.23. The normalized spacial score (nSPS) is 29.7. The van der Waals surface area contributed by atoms with E-state index in [1.54, 1.807) is 11.0 Å². The van der Waals surface area contributed by atoms with Gasteiger partial charge < -0.3 is 9.64 Å². The maximum atomic E-state index is 14.2. The van der Waals surface area contributed by atoms with Crippen LogP contribution >= 0.6 is 23.2 Å². The zero-order valence-electron chi connectivity index (χ0n) is 14.1. The fraction of sp³-hybridized carbons (Fsp3) is 0.611. The molecule has 3 atom stereocenters. The van der Waals surface area contributed by atoms with Crippen LogP contribution in [0.4, 0.5) is 9.18 Å². The van der Waals surface area contributed by atoms with Gasteiger partial charge in [-0.2, -0.15) is 0 Å². The number of fused-ring (bicyclic) bond motifs is 1. The average molecular weight is 374 g/mol. The number of ether oxygens (including phenoxy) is 1. The van der Waals surface area contributed by atoms with Crippen LogP contribution in [0.1, 0.15) is 39.2 Å². The van der Waals surface area contributed by atoms with Gasteiger partial charge in [0.15, 0.2) is 0 Å². The molecule has 3 nitrogen and oxygen atoms in total. The molecule has 2 aliphatic rings. The molecule has 3 rings (SSSR count). The van der Waals surface area contributed by atoms with E-state index in [1.165, 1.54) is 0 Å². The van der Waals surface area contributed by atoms with Gasteiger partial charge in [0.1, 0.15) is 11.8 Å². The highest BCUT2D eigenvalue weighted by molar-refractivity contribution is 6.42. The Balaban J connectivity index is 1.89. The molecule has 1 aromatic rings. The summed E-state index contributed by atoms with van der Waals surface area (Å²) in [7, 11) is 0. The van der Waals surface area contributed by atoms with E-state index >= 15 is 0 Å². The SMILES string of the molecule is CC(C)(C)OC(=O)N1C[C@H]2C[C@H](F)C[C@@]2(c2ccc(Cl)c(Cl)c2)C1. The molecule has 132 valence electrons. The van der Waals surface area contributed by atoms with Gasteiger partial charge in [-0.1, -0.05) is 29.3 Å². The lowest BCUT2D eigenvalue weighted by molar-refractivity contribution is 0.0272. The molecule has 24 heavy (non-hydrogen) atoms. The van der Waals surface area contributed by atoms with Gasteiger partial charge in [0.05, 0.1) is 10.0 Å². The molecule has 1 aliphatic heterocycles. The summed E-state index contributed by atoms with van der Waals surface area (Å²) in [6, 6.07) is 5.46. The minimum Gasteiger partial charge on any atom is -0.444 e. The number of likely N-dealkylation sites (tertiary alicyclic amines) is 1. The second-order valence-electron chi connectivity index (χ2n) is 7.88. The molecule has 1 aromatic carbocycles. The molecule has 0 aromatic heterocycles. The highest BCUT2D eigenvalue weighted by Gasteiger charge is 2.55. The van der Waals surface area contributed by atoms with Crippen molar-refractivity contribution in [2.75, 3.05) is 13.1 Å². The first kappa shape index (κ1) is 17.8. The van der Waals surface area contributed by atoms with E-state index in [9.17, 15) is 9.18 Å². The molecule has 0 N–H and O–H groups in total. The first-order chi connectivity index (χ1) is 11.1. The van der Waals surface area contributed by atoms with Crippen molar-refractivity contribution in [1.82, 2.24) is 4.90 Å². The molecule has 2 fully saturated rings. The molecule has 0 bridgehead atoms. The Hall–Kier alpha value is -1.000. The fourth-order valence-electron chi connectivity index (χ4n) is 4.01. The number of rotatable bonds is 1. The van der Waals surface area contributed by atoms with Crippen LogP contribution in [0, 0.1) is 5.92 Å². The van der Waals surface area contributed by atoms with Crippen LogP contribution in [0.3, 0.4) is 0 Å². The van der Waals surface area contributed by atoms with Crippen molar-refractivity contribution in [3.05, 3.63) is 33.8 Å². The highest BCUT2D eigenvalue weighted by atomic mass is 35.5. The number of alkyl halides is 1. The quantitative estimate of drug-likeness (QED) is 0.674. The summed E-state index contributed by atoms with van der Waals surface area (Å²) in [6.07, 6.45) is -0.342. The van der Waals surface area contributed by atoms with Gasteiger partial charge >= 0.3 is 6.09 Å². The van der Waals surface area contributed by atoms with Crippen LogP contribution in [0.5, 0.6) is 0 Å². The third-order valence-electron chi connectivity index (χ3n) is 4.97. The van der Waals surface area contributed by atoms with E-state index in [-0.39, 0.29) is 12.0 Å².